The Bertz CT molecular complexity index is 371. The Kier molecular flexibility index (Phi) is 5.25. The van der Waals surface area contributed by atoms with Crippen molar-refractivity contribution in [3.05, 3.63) is 34.3 Å². The summed E-state index contributed by atoms with van der Waals surface area (Å²) in [6.07, 6.45) is 7.07. The van der Waals surface area contributed by atoms with Crippen molar-refractivity contribution in [2.75, 3.05) is 0 Å². The highest BCUT2D eigenvalue weighted by Gasteiger charge is 2.21. The molecule has 1 unspecified atom stereocenters. The van der Waals surface area contributed by atoms with E-state index in [4.69, 9.17) is 0 Å². The van der Waals surface area contributed by atoms with E-state index in [0.717, 1.165) is 5.92 Å². The highest BCUT2D eigenvalue weighted by atomic mass is 79.9. The van der Waals surface area contributed by atoms with Crippen molar-refractivity contribution in [1.82, 2.24) is 5.32 Å². The van der Waals surface area contributed by atoms with Crippen LogP contribution in [0.3, 0.4) is 0 Å². The molecule has 0 saturated heterocycles. The summed E-state index contributed by atoms with van der Waals surface area (Å²) in [6, 6.07) is 9.55. The minimum absolute atomic E-state index is 0.414. The lowest BCUT2D eigenvalue weighted by molar-refractivity contribution is 0.268. The van der Waals surface area contributed by atoms with Crippen LogP contribution >= 0.6 is 15.9 Å². The van der Waals surface area contributed by atoms with Crippen molar-refractivity contribution in [1.29, 1.82) is 0 Å². The number of hydrogen-bond donors (Lipinski definition) is 1. The Morgan fingerprint density at radius 2 is 1.78 bits per heavy atom. The van der Waals surface area contributed by atoms with Crippen molar-refractivity contribution in [2.24, 2.45) is 5.92 Å². The first-order valence-corrected chi connectivity index (χ1v) is 7.98. The van der Waals surface area contributed by atoms with Gasteiger partial charge in [-0.2, -0.15) is 0 Å². The molecular formula is C16H24BrN. The topological polar surface area (TPSA) is 12.0 Å². The lowest BCUT2D eigenvalue weighted by Crippen LogP contribution is -2.36. The monoisotopic (exact) mass is 309 g/mol. The van der Waals surface area contributed by atoms with Gasteiger partial charge in [0.1, 0.15) is 0 Å². The molecule has 0 bridgehead atoms. The van der Waals surface area contributed by atoms with E-state index in [1.54, 1.807) is 0 Å². The fourth-order valence-corrected chi connectivity index (χ4v) is 3.71. The SMILES string of the molecule is CC(N[C@@H](C)C1CCCCC1)c1ccccc1Br. The Morgan fingerprint density at radius 1 is 1.11 bits per heavy atom. The van der Waals surface area contributed by atoms with Gasteiger partial charge in [-0.15, -0.1) is 0 Å². The summed E-state index contributed by atoms with van der Waals surface area (Å²) in [5.41, 5.74) is 1.36. The van der Waals surface area contributed by atoms with Crippen LogP contribution in [-0.4, -0.2) is 6.04 Å². The van der Waals surface area contributed by atoms with Crippen molar-refractivity contribution >= 4 is 15.9 Å². The second kappa shape index (κ2) is 6.72. The Balaban J connectivity index is 1.94. The standard InChI is InChI=1S/C16H24BrN/c1-12(14-8-4-3-5-9-14)18-13(2)15-10-6-7-11-16(15)17/h6-7,10-14,18H,3-5,8-9H2,1-2H3/t12-,13?/m0/s1. The van der Waals surface area contributed by atoms with Crippen LogP contribution in [0.2, 0.25) is 0 Å². The first-order valence-electron chi connectivity index (χ1n) is 7.19. The largest absolute Gasteiger partial charge is 0.307 e. The Labute approximate surface area is 119 Å². The van der Waals surface area contributed by atoms with Crippen molar-refractivity contribution in [3.63, 3.8) is 0 Å². The molecule has 0 amide bonds. The zero-order chi connectivity index (χ0) is 13.0. The van der Waals surface area contributed by atoms with E-state index >= 15 is 0 Å². The maximum atomic E-state index is 3.78. The van der Waals surface area contributed by atoms with Crippen LogP contribution < -0.4 is 5.32 Å². The maximum Gasteiger partial charge on any atom is 0.0305 e. The molecule has 1 aliphatic carbocycles. The predicted octanol–water partition coefficient (Wildman–Crippen LogP) is 5.07. The normalized spacial score (nSPS) is 20.6. The summed E-state index contributed by atoms with van der Waals surface area (Å²) < 4.78 is 1.21. The average molecular weight is 310 g/mol. The lowest BCUT2D eigenvalue weighted by atomic mass is 9.84. The maximum absolute atomic E-state index is 3.78. The molecule has 2 atom stereocenters. The third-order valence-corrected chi connectivity index (χ3v) is 4.96. The van der Waals surface area contributed by atoms with E-state index in [9.17, 15) is 0 Å². The number of nitrogens with one attached hydrogen (secondary N) is 1. The third kappa shape index (κ3) is 3.58. The molecule has 1 N–H and O–H groups in total. The molecule has 1 fully saturated rings. The highest BCUT2D eigenvalue weighted by molar-refractivity contribution is 9.10. The van der Waals surface area contributed by atoms with Gasteiger partial charge in [-0.3, -0.25) is 0 Å². The quantitative estimate of drug-likeness (QED) is 0.819. The van der Waals surface area contributed by atoms with Gasteiger partial charge in [-0.25, -0.2) is 0 Å². The summed E-state index contributed by atoms with van der Waals surface area (Å²) in [5.74, 6) is 0.865. The summed E-state index contributed by atoms with van der Waals surface area (Å²) in [6.45, 7) is 4.61. The van der Waals surface area contributed by atoms with E-state index < -0.39 is 0 Å². The molecule has 2 rings (SSSR count). The number of benzene rings is 1. The van der Waals surface area contributed by atoms with Crippen LogP contribution in [-0.2, 0) is 0 Å². The zero-order valence-corrected chi connectivity index (χ0v) is 13.0. The van der Waals surface area contributed by atoms with Gasteiger partial charge in [-0.05, 0) is 44.2 Å². The smallest absolute Gasteiger partial charge is 0.0305 e. The molecular weight excluding hydrogens is 286 g/mol. The molecule has 18 heavy (non-hydrogen) atoms. The summed E-state index contributed by atoms with van der Waals surface area (Å²) >= 11 is 3.64. The molecule has 0 spiro atoms. The molecule has 1 aliphatic rings. The lowest BCUT2D eigenvalue weighted by Gasteiger charge is -2.31. The van der Waals surface area contributed by atoms with Gasteiger partial charge < -0.3 is 5.32 Å². The first-order chi connectivity index (χ1) is 8.68. The molecule has 0 aliphatic heterocycles. The van der Waals surface area contributed by atoms with Crippen LogP contribution in [0, 0.1) is 5.92 Å². The van der Waals surface area contributed by atoms with Gasteiger partial charge in [0, 0.05) is 16.6 Å². The fourth-order valence-electron chi connectivity index (χ4n) is 3.08. The molecule has 1 aromatic rings. The van der Waals surface area contributed by atoms with E-state index in [1.165, 1.54) is 42.1 Å². The van der Waals surface area contributed by atoms with Crippen molar-refractivity contribution in [3.8, 4) is 0 Å². The zero-order valence-electron chi connectivity index (χ0n) is 11.5. The van der Waals surface area contributed by atoms with E-state index in [2.05, 4.69) is 59.4 Å². The van der Waals surface area contributed by atoms with Gasteiger partial charge in [-0.1, -0.05) is 53.4 Å². The number of halogens is 1. The van der Waals surface area contributed by atoms with Gasteiger partial charge in [0.05, 0.1) is 0 Å². The van der Waals surface area contributed by atoms with Gasteiger partial charge >= 0.3 is 0 Å². The molecule has 1 nitrogen and oxygen atoms in total. The fraction of sp³-hybridized carbons (Fsp3) is 0.625. The van der Waals surface area contributed by atoms with Crippen molar-refractivity contribution < 1.29 is 0 Å². The van der Waals surface area contributed by atoms with Crippen LogP contribution in [0.25, 0.3) is 0 Å². The van der Waals surface area contributed by atoms with Gasteiger partial charge in [0.25, 0.3) is 0 Å². The second-order valence-electron chi connectivity index (χ2n) is 5.60. The minimum Gasteiger partial charge on any atom is -0.307 e. The van der Waals surface area contributed by atoms with Gasteiger partial charge in [0.15, 0.2) is 0 Å². The highest BCUT2D eigenvalue weighted by Crippen LogP contribution is 2.29. The van der Waals surface area contributed by atoms with Crippen LogP contribution in [0.4, 0.5) is 0 Å². The number of hydrogen-bond acceptors (Lipinski definition) is 1. The van der Waals surface area contributed by atoms with Gasteiger partial charge in [0.2, 0.25) is 0 Å². The van der Waals surface area contributed by atoms with E-state index in [1.807, 2.05) is 0 Å². The Morgan fingerprint density at radius 3 is 2.44 bits per heavy atom. The Hall–Kier alpha value is -0.340. The summed E-state index contributed by atoms with van der Waals surface area (Å²) in [4.78, 5) is 0. The van der Waals surface area contributed by atoms with Crippen LogP contribution in [0.5, 0.6) is 0 Å². The predicted molar refractivity (Wildman–Crippen MR) is 81.7 cm³/mol. The van der Waals surface area contributed by atoms with E-state index in [-0.39, 0.29) is 0 Å². The molecule has 1 aromatic carbocycles. The molecule has 0 aromatic heterocycles. The molecule has 0 radical (unpaired) electrons. The van der Waals surface area contributed by atoms with E-state index in [0.29, 0.717) is 12.1 Å². The molecule has 0 heterocycles. The second-order valence-corrected chi connectivity index (χ2v) is 6.45. The van der Waals surface area contributed by atoms with Crippen LogP contribution in [0.1, 0.15) is 57.6 Å². The first kappa shape index (κ1) is 14.1. The molecule has 2 heteroatoms. The third-order valence-electron chi connectivity index (χ3n) is 4.24. The summed E-state index contributed by atoms with van der Waals surface area (Å²) in [7, 11) is 0. The molecule has 100 valence electrons. The summed E-state index contributed by atoms with van der Waals surface area (Å²) in [5, 5.41) is 3.78. The average Bonchev–Trinajstić information content (AvgIpc) is 2.40. The minimum atomic E-state index is 0.414. The number of rotatable bonds is 4. The molecule has 1 saturated carbocycles. The van der Waals surface area contributed by atoms with Crippen LogP contribution in [0.15, 0.2) is 28.7 Å². The van der Waals surface area contributed by atoms with Crippen molar-refractivity contribution in [2.45, 2.75) is 58.0 Å².